The fourth-order valence-corrected chi connectivity index (χ4v) is 1.80. The Hall–Kier alpha value is -2.69. The SMILES string of the molecule is O=C(C[n+]1cccc(C=NO)c1)NCc1ccccc1. The van der Waals surface area contributed by atoms with Crippen molar-refractivity contribution in [3.05, 3.63) is 66.0 Å². The third-order valence-electron chi connectivity index (χ3n) is 2.75. The van der Waals surface area contributed by atoms with E-state index in [9.17, 15) is 4.79 Å². The number of oxime groups is 1. The van der Waals surface area contributed by atoms with Gasteiger partial charge in [-0.05, 0) is 11.6 Å². The first kappa shape index (κ1) is 13.7. The molecule has 0 saturated heterocycles. The second-order valence-electron chi connectivity index (χ2n) is 4.32. The van der Waals surface area contributed by atoms with Gasteiger partial charge in [0, 0.05) is 12.6 Å². The van der Waals surface area contributed by atoms with Gasteiger partial charge in [-0.1, -0.05) is 35.5 Å². The Kier molecular flexibility index (Phi) is 4.83. The lowest BCUT2D eigenvalue weighted by Gasteiger charge is -2.03. The number of carbonyl (C=O) groups is 1. The van der Waals surface area contributed by atoms with Gasteiger partial charge in [0.1, 0.15) is 0 Å². The van der Waals surface area contributed by atoms with Crippen LogP contribution in [-0.4, -0.2) is 17.3 Å². The molecule has 0 spiro atoms. The summed E-state index contributed by atoms with van der Waals surface area (Å²) >= 11 is 0. The molecule has 102 valence electrons. The molecule has 5 heteroatoms. The van der Waals surface area contributed by atoms with Gasteiger partial charge in [-0.3, -0.25) is 4.79 Å². The quantitative estimate of drug-likeness (QED) is 0.370. The second kappa shape index (κ2) is 7.04. The Morgan fingerprint density at radius 1 is 1.25 bits per heavy atom. The fraction of sp³-hybridized carbons (Fsp3) is 0.133. The molecule has 1 aromatic carbocycles. The third kappa shape index (κ3) is 4.20. The van der Waals surface area contributed by atoms with Crippen LogP contribution >= 0.6 is 0 Å². The van der Waals surface area contributed by atoms with Crippen LogP contribution in [0.1, 0.15) is 11.1 Å². The maximum absolute atomic E-state index is 11.8. The monoisotopic (exact) mass is 270 g/mol. The molecule has 0 aliphatic rings. The summed E-state index contributed by atoms with van der Waals surface area (Å²) in [6, 6.07) is 13.3. The van der Waals surface area contributed by atoms with E-state index in [0.29, 0.717) is 6.54 Å². The van der Waals surface area contributed by atoms with Crippen molar-refractivity contribution < 1.29 is 14.6 Å². The van der Waals surface area contributed by atoms with Crippen LogP contribution in [0.3, 0.4) is 0 Å². The lowest BCUT2D eigenvalue weighted by atomic mass is 10.2. The summed E-state index contributed by atoms with van der Waals surface area (Å²) in [6.07, 6.45) is 4.84. The molecular formula is C15H16N3O2+. The van der Waals surface area contributed by atoms with E-state index < -0.39 is 0 Å². The molecule has 2 N–H and O–H groups in total. The minimum Gasteiger partial charge on any atom is -0.411 e. The smallest absolute Gasteiger partial charge is 0.286 e. The summed E-state index contributed by atoms with van der Waals surface area (Å²) in [4.78, 5) is 11.8. The number of benzene rings is 1. The molecule has 0 atom stereocenters. The molecule has 1 heterocycles. The average Bonchev–Trinajstić information content (AvgIpc) is 2.47. The molecule has 0 unspecified atom stereocenters. The van der Waals surface area contributed by atoms with Crippen LogP contribution in [0, 0.1) is 0 Å². The van der Waals surface area contributed by atoms with E-state index in [-0.39, 0.29) is 12.5 Å². The van der Waals surface area contributed by atoms with Gasteiger partial charge in [0.05, 0.1) is 11.8 Å². The van der Waals surface area contributed by atoms with Crippen molar-refractivity contribution in [3.8, 4) is 0 Å². The highest BCUT2D eigenvalue weighted by molar-refractivity contribution is 5.78. The first-order chi connectivity index (χ1) is 9.78. The fourth-order valence-electron chi connectivity index (χ4n) is 1.80. The molecule has 2 aromatic rings. The number of nitrogens with zero attached hydrogens (tertiary/aromatic N) is 2. The van der Waals surface area contributed by atoms with Gasteiger partial charge in [0.15, 0.2) is 12.4 Å². The Morgan fingerprint density at radius 2 is 2.05 bits per heavy atom. The molecule has 1 aromatic heterocycles. The lowest BCUT2D eigenvalue weighted by molar-refractivity contribution is -0.684. The van der Waals surface area contributed by atoms with E-state index in [4.69, 9.17) is 5.21 Å². The number of aromatic nitrogens is 1. The Balaban J connectivity index is 1.89. The van der Waals surface area contributed by atoms with Gasteiger partial charge in [-0.15, -0.1) is 0 Å². The molecule has 0 aliphatic carbocycles. The number of rotatable bonds is 5. The number of amides is 1. The summed E-state index contributed by atoms with van der Waals surface area (Å²) in [5.74, 6) is -0.0723. The lowest BCUT2D eigenvalue weighted by Crippen LogP contribution is -2.42. The normalized spacial score (nSPS) is 10.6. The predicted octanol–water partition coefficient (Wildman–Crippen LogP) is 1.10. The highest BCUT2D eigenvalue weighted by Crippen LogP contribution is 1.97. The summed E-state index contributed by atoms with van der Waals surface area (Å²) in [5, 5.41) is 14.3. The van der Waals surface area contributed by atoms with Gasteiger partial charge >= 0.3 is 0 Å². The number of carbonyl (C=O) groups excluding carboxylic acids is 1. The summed E-state index contributed by atoms with van der Waals surface area (Å²) in [7, 11) is 0. The minimum absolute atomic E-state index is 0.0723. The number of pyridine rings is 1. The Labute approximate surface area is 117 Å². The maximum atomic E-state index is 11.8. The van der Waals surface area contributed by atoms with E-state index in [2.05, 4.69) is 10.5 Å². The first-order valence-electron chi connectivity index (χ1n) is 6.25. The Bertz CT molecular complexity index is 597. The molecule has 0 saturated carbocycles. The molecule has 0 radical (unpaired) electrons. The van der Waals surface area contributed by atoms with Crippen LogP contribution in [0.2, 0.25) is 0 Å². The van der Waals surface area contributed by atoms with E-state index >= 15 is 0 Å². The molecule has 2 rings (SSSR count). The summed E-state index contributed by atoms with van der Waals surface area (Å²) in [5.41, 5.74) is 1.79. The predicted molar refractivity (Wildman–Crippen MR) is 74.3 cm³/mol. The molecule has 1 amide bonds. The van der Waals surface area contributed by atoms with Crippen LogP contribution in [0.5, 0.6) is 0 Å². The van der Waals surface area contributed by atoms with Gasteiger partial charge in [0.25, 0.3) is 5.91 Å². The standard InChI is InChI=1S/C15H15N3O2/c19-15(16-9-13-5-2-1-3-6-13)12-18-8-4-7-14(11-18)10-17-20/h1-8,10-11H,9,12H2,(H-,16,19,20)/p+1. The Morgan fingerprint density at radius 3 is 2.80 bits per heavy atom. The third-order valence-corrected chi connectivity index (χ3v) is 2.75. The van der Waals surface area contributed by atoms with Crippen molar-refractivity contribution >= 4 is 12.1 Å². The zero-order valence-electron chi connectivity index (χ0n) is 10.9. The van der Waals surface area contributed by atoms with E-state index in [0.717, 1.165) is 11.1 Å². The number of hydrogen-bond donors (Lipinski definition) is 2. The van der Waals surface area contributed by atoms with Gasteiger partial charge in [-0.2, -0.15) is 4.57 Å². The average molecular weight is 270 g/mol. The number of hydrogen-bond acceptors (Lipinski definition) is 3. The molecule has 20 heavy (non-hydrogen) atoms. The van der Waals surface area contributed by atoms with Crippen molar-refractivity contribution in [1.82, 2.24) is 5.32 Å². The molecule has 0 aliphatic heterocycles. The van der Waals surface area contributed by atoms with Crippen LogP contribution in [-0.2, 0) is 17.9 Å². The summed E-state index contributed by atoms with van der Waals surface area (Å²) in [6.45, 7) is 0.734. The van der Waals surface area contributed by atoms with E-state index in [1.54, 1.807) is 29.1 Å². The molecule has 0 fully saturated rings. The van der Waals surface area contributed by atoms with E-state index in [1.807, 2.05) is 30.3 Å². The van der Waals surface area contributed by atoms with Crippen molar-refractivity contribution in [2.45, 2.75) is 13.1 Å². The number of nitrogens with one attached hydrogen (secondary N) is 1. The summed E-state index contributed by atoms with van der Waals surface area (Å²) < 4.78 is 1.73. The second-order valence-corrected chi connectivity index (χ2v) is 4.32. The largest absolute Gasteiger partial charge is 0.411 e. The van der Waals surface area contributed by atoms with Gasteiger partial charge in [0.2, 0.25) is 6.54 Å². The van der Waals surface area contributed by atoms with Crippen molar-refractivity contribution in [3.63, 3.8) is 0 Å². The molecular weight excluding hydrogens is 254 g/mol. The minimum atomic E-state index is -0.0723. The van der Waals surface area contributed by atoms with E-state index in [1.165, 1.54) is 6.21 Å². The topological polar surface area (TPSA) is 65.6 Å². The maximum Gasteiger partial charge on any atom is 0.286 e. The molecule has 5 nitrogen and oxygen atoms in total. The van der Waals surface area contributed by atoms with Gasteiger partial charge in [-0.25, -0.2) is 0 Å². The van der Waals surface area contributed by atoms with Crippen LogP contribution in [0.15, 0.2) is 60.0 Å². The highest BCUT2D eigenvalue weighted by atomic mass is 16.4. The highest BCUT2D eigenvalue weighted by Gasteiger charge is 2.09. The van der Waals surface area contributed by atoms with Crippen LogP contribution < -0.4 is 9.88 Å². The van der Waals surface area contributed by atoms with Crippen molar-refractivity contribution in [2.75, 3.05) is 0 Å². The zero-order chi connectivity index (χ0) is 14.2. The van der Waals surface area contributed by atoms with Crippen molar-refractivity contribution in [2.24, 2.45) is 5.16 Å². The van der Waals surface area contributed by atoms with Crippen LogP contribution in [0.25, 0.3) is 0 Å². The zero-order valence-corrected chi connectivity index (χ0v) is 10.9. The first-order valence-corrected chi connectivity index (χ1v) is 6.25. The molecule has 0 bridgehead atoms. The van der Waals surface area contributed by atoms with Gasteiger partial charge < -0.3 is 10.5 Å². The van der Waals surface area contributed by atoms with Crippen LogP contribution in [0.4, 0.5) is 0 Å². The van der Waals surface area contributed by atoms with Crippen molar-refractivity contribution in [1.29, 1.82) is 0 Å².